The number of halogens is 1. The average molecular weight is 483 g/mol. The summed E-state index contributed by atoms with van der Waals surface area (Å²) >= 11 is 0. The summed E-state index contributed by atoms with van der Waals surface area (Å²) in [4.78, 5) is 40.1. The van der Waals surface area contributed by atoms with Crippen LogP contribution in [0.1, 0.15) is 39.9 Å². The lowest BCUT2D eigenvalue weighted by Crippen LogP contribution is -2.63. The topological polar surface area (TPSA) is 108 Å². The first kappa shape index (κ1) is 23.4. The van der Waals surface area contributed by atoms with Crippen molar-refractivity contribution < 1.29 is 33.4 Å². The molecule has 35 heavy (non-hydrogen) atoms. The first-order chi connectivity index (χ1) is 16.9. The Balaban J connectivity index is 1.32. The molecule has 0 aliphatic carbocycles. The van der Waals surface area contributed by atoms with Gasteiger partial charge in [-0.3, -0.25) is 29.5 Å². The van der Waals surface area contributed by atoms with Crippen LogP contribution >= 0.6 is 0 Å². The van der Waals surface area contributed by atoms with Crippen LogP contribution < -0.4 is 10.1 Å². The largest absolute Gasteiger partial charge is 0.488 e. The minimum absolute atomic E-state index is 0.0489. The second-order valence-electron chi connectivity index (χ2n) is 8.93. The molecule has 1 atom stereocenters. The van der Waals surface area contributed by atoms with Crippen molar-refractivity contribution in [2.45, 2.75) is 38.3 Å². The minimum atomic E-state index is -2.12. The van der Waals surface area contributed by atoms with Crippen molar-refractivity contribution in [3.05, 3.63) is 64.5 Å². The number of fused-ring (bicyclic) bond motifs is 1. The SMILES string of the molecule is O=C1CCC(O)(N2Cc3c(OCc4cccc(CN5CCOCC5)c4F)cccc3C2=O)C(=O)N1. The van der Waals surface area contributed by atoms with E-state index in [1.54, 1.807) is 36.4 Å². The molecule has 1 unspecified atom stereocenters. The highest BCUT2D eigenvalue weighted by Crippen LogP contribution is 2.37. The molecule has 0 radical (unpaired) electrons. The van der Waals surface area contributed by atoms with Crippen molar-refractivity contribution in [2.75, 3.05) is 26.3 Å². The van der Waals surface area contributed by atoms with Crippen molar-refractivity contribution in [2.24, 2.45) is 0 Å². The normalized spacial score (nSPS) is 22.8. The number of hydrogen-bond acceptors (Lipinski definition) is 7. The predicted octanol–water partition coefficient (Wildman–Crippen LogP) is 1.32. The number of amides is 3. The standard InChI is InChI=1S/C25H26FN3O6/c26-22-16(13-28-9-11-34-12-10-28)3-1-4-17(22)15-35-20-6-2-5-18-19(20)14-29(23(18)31)25(33)8-7-21(30)27-24(25)32/h1-6,33H,7-15H2,(H,27,30,32). The molecule has 0 bridgehead atoms. The molecule has 5 rings (SSSR count). The van der Waals surface area contributed by atoms with E-state index in [9.17, 15) is 19.5 Å². The quantitative estimate of drug-likeness (QED) is 0.597. The third-order valence-electron chi connectivity index (χ3n) is 6.73. The van der Waals surface area contributed by atoms with Gasteiger partial charge in [0.1, 0.15) is 18.2 Å². The number of nitrogens with one attached hydrogen (secondary N) is 1. The fourth-order valence-electron chi connectivity index (χ4n) is 4.71. The van der Waals surface area contributed by atoms with Gasteiger partial charge in [-0.15, -0.1) is 0 Å². The number of carbonyl (C=O) groups is 3. The Morgan fingerprint density at radius 3 is 2.60 bits per heavy atom. The molecule has 3 aliphatic heterocycles. The van der Waals surface area contributed by atoms with E-state index in [0.717, 1.165) is 18.0 Å². The molecule has 2 fully saturated rings. The Labute approximate surface area is 201 Å². The molecular weight excluding hydrogens is 457 g/mol. The third-order valence-corrected chi connectivity index (χ3v) is 6.73. The van der Waals surface area contributed by atoms with E-state index in [4.69, 9.17) is 9.47 Å². The molecule has 2 N–H and O–H groups in total. The highest BCUT2D eigenvalue weighted by atomic mass is 19.1. The minimum Gasteiger partial charge on any atom is -0.488 e. The van der Waals surface area contributed by atoms with Gasteiger partial charge in [-0.2, -0.15) is 0 Å². The van der Waals surface area contributed by atoms with Gasteiger partial charge in [-0.05, 0) is 12.1 Å². The lowest BCUT2D eigenvalue weighted by Gasteiger charge is -2.37. The van der Waals surface area contributed by atoms with E-state index in [2.05, 4.69) is 10.2 Å². The molecule has 0 spiro atoms. The first-order valence-corrected chi connectivity index (χ1v) is 11.6. The number of ether oxygens (including phenoxy) is 2. The van der Waals surface area contributed by atoms with Crippen LogP contribution in [0.4, 0.5) is 4.39 Å². The summed E-state index contributed by atoms with van der Waals surface area (Å²) in [6.07, 6.45) is -0.263. The van der Waals surface area contributed by atoms with E-state index >= 15 is 4.39 Å². The first-order valence-electron chi connectivity index (χ1n) is 11.6. The molecule has 184 valence electrons. The van der Waals surface area contributed by atoms with Gasteiger partial charge in [-0.1, -0.05) is 24.3 Å². The van der Waals surface area contributed by atoms with Gasteiger partial charge in [0.2, 0.25) is 11.6 Å². The van der Waals surface area contributed by atoms with Crippen molar-refractivity contribution in [1.82, 2.24) is 15.1 Å². The summed E-state index contributed by atoms with van der Waals surface area (Å²) in [7, 11) is 0. The highest BCUT2D eigenvalue weighted by molar-refractivity contribution is 6.06. The molecule has 0 saturated carbocycles. The van der Waals surface area contributed by atoms with Crippen LogP contribution in [0.2, 0.25) is 0 Å². The van der Waals surface area contributed by atoms with Crippen LogP contribution in [0.15, 0.2) is 36.4 Å². The van der Waals surface area contributed by atoms with Gasteiger partial charge in [0.05, 0.1) is 19.8 Å². The number of benzene rings is 2. The van der Waals surface area contributed by atoms with Crippen molar-refractivity contribution in [3.63, 3.8) is 0 Å². The van der Waals surface area contributed by atoms with E-state index in [-0.39, 0.29) is 31.8 Å². The molecule has 10 heteroatoms. The molecule has 3 aliphatic rings. The Morgan fingerprint density at radius 1 is 1.09 bits per heavy atom. The second-order valence-corrected chi connectivity index (χ2v) is 8.93. The molecule has 9 nitrogen and oxygen atoms in total. The summed E-state index contributed by atoms with van der Waals surface area (Å²) < 4.78 is 26.5. The van der Waals surface area contributed by atoms with E-state index in [0.29, 0.717) is 47.8 Å². The Bertz CT molecular complexity index is 1180. The average Bonchev–Trinajstić information content (AvgIpc) is 3.21. The van der Waals surface area contributed by atoms with Crippen LogP contribution in [-0.2, 0) is 34.0 Å². The Morgan fingerprint density at radius 2 is 1.83 bits per heavy atom. The van der Waals surface area contributed by atoms with Crippen molar-refractivity contribution >= 4 is 17.7 Å². The summed E-state index contributed by atoms with van der Waals surface area (Å²) in [6.45, 7) is 3.13. The van der Waals surface area contributed by atoms with Gasteiger partial charge < -0.3 is 14.6 Å². The van der Waals surface area contributed by atoms with Crippen LogP contribution in [-0.4, -0.2) is 64.7 Å². The molecular formula is C25H26FN3O6. The monoisotopic (exact) mass is 483 g/mol. The lowest BCUT2D eigenvalue weighted by atomic mass is 10.00. The van der Waals surface area contributed by atoms with Gasteiger partial charge in [0.25, 0.3) is 11.8 Å². The smallest absolute Gasteiger partial charge is 0.279 e. The van der Waals surface area contributed by atoms with E-state index in [1.165, 1.54) is 0 Å². The number of imide groups is 1. The van der Waals surface area contributed by atoms with E-state index in [1.807, 2.05) is 0 Å². The number of morpholine rings is 1. The second kappa shape index (κ2) is 9.37. The van der Waals surface area contributed by atoms with Crippen LogP contribution in [0.3, 0.4) is 0 Å². The Kier molecular flexibility index (Phi) is 6.26. The van der Waals surface area contributed by atoms with Gasteiger partial charge in [0, 0.05) is 54.7 Å². The third kappa shape index (κ3) is 4.40. The fraction of sp³-hybridized carbons (Fsp3) is 0.400. The van der Waals surface area contributed by atoms with Gasteiger partial charge in [0.15, 0.2) is 0 Å². The zero-order valence-electron chi connectivity index (χ0n) is 19.1. The number of carbonyl (C=O) groups excluding carboxylic acids is 3. The fourth-order valence-corrected chi connectivity index (χ4v) is 4.71. The predicted molar refractivity (Wildman–Crippen MR) is 120 cm³/mol. The van der Waals surface area contributed by atoms with Gasteiger partial charge in [-0.25, -0.2) is 4.39 Å². The summed E-state index contributed by atoms with van der Waals surface area (Å²) in [6, 6.07) is 10.1. The molecule has 3 heterocycles. The molecule has 0 aromatic heterocycles. The van der Waals surface area contributed by atoms with Crippen LogP contribution in [0.5, 0.6) is 5.75 Å². The van der Waals surface area contributed by atoms with Crippen LogP contribution in [0.25, 0.3) is 0 Å². The summed E-state index contributed by atoms with van der Waals surface area (Å²) in [5, 5.41) is 13.0. The summed E-state index contributed by atoms with van der Waals surface area (Å²) in [5.41, 5.74) is -0.366. The lowest BCUT2D eigenvalue weighted by molar-refractivity contribution is -0.168. The van der Waals surface area contributed by atoms with Crippen molar-refractivity contribution in [3.8, 4) is 5.75 Å². The number of nitrogens with zero attached hydrogens (tertiary/aromatic N) is 2. The number of rotatable bonds is 6. The molecule has 3 amide bonds. The highest BCUT2D eigenvalue weighted by Gasteiger charge is 2.51. The Hall–Kier alpha value is -3.34. The zero-order valence-corrected chi connectivity index (χ0v) is 19.1. The molecule has 2 aromatic carbocycles. The zero-order chi connectivity index (χ0) is 24.6. The summed E-state index contributed by atoms with van der Waals surface area (Å²) in [5.74, 6) is -1.91. The van der Waals surface area contributed by atoms with E-state index < -0.39 is 23.4 Å². The van der Waals surface area contributed by atoms with Crippen molar-refractivity contribution in [1.29, 1.82) is 0 Å². The van der Waals surface area contributed by atoms with Gasteiger partial charge >= 0.3 is 0 Å². The number of aliphatic hydroxyl groups is 1. The van der Waals surface area contributed by atoms with Crippen LogP contribution in [0, 0.1) is 5.82 Å². The maximum absolute atomic E-state index is 15.2. The molecule has 2 aromatic rings. The number of hydrogen-bond donors (Lipinski definition) is 2. The maximum atomic E-state index is 15.2. The number of piperidine rings is 1. The molecule has 2 saturated heterocycles. The maximum Gasteiger partial charge on any atom is 0.279 e.